The minimum Gasteiger partial charge on any atom is -0.497 e. The second-order valence-corrected chi connectivity index (χ2v) is 7.58. The van der Waals surface area contributed by atoms with Gasteiger partial charge in [0, 0.05) is 45.4 Å². The lowest BCUT2D eigenvalue weighted by molar-refractivity contribution is -0.133. The quantitative estimate of drug-likeness (QED) is 0.341. The van der Waals surface area contributed by atoms with Crippen LogP contribution in [0.25, 0.3) is 0 Å². The number of carbonyl (C=O) groups is 1. The second-order valence-electron chi connectivity index (χ2n) is 7.58. The van der Waals surface area contributed by atoms with Crippen LogP contribution in [0.5, 0.6) is 11.5 Å². The largest absolute Gasteiger partial charge is 0.497 e. The molecule has 0 spiro atoms. The van der Waals surface area contributed by atoms with Gasteiger partial charge in [-0.3, -0.25) is 9.69 Å². The van der Waals surface area contributed by atoms with Gasteiger partial charge < -0.3 is 25.0 Å². The third-order valence-corrected chi connectivity index (χ3v) is 5.25. The number of rotatable bonds is 10. The molecule has 0 aliphatic carbocycles. The number of guanidine groups is 1. The smallest absolute Gasteiger partial charge is 0.239 e. The van der Waals surface area contributed by atoms with Crippen LogP contribution in [0.1, 0.15) is 31.7 Å². The van der Waals surface area contributed by atoms with Gasteiger partial charge in [-0.25, -0.2) is 4.99 Å². The van der Waals surface area contributed by atoms with Gasteiger partial charge in [0.25, 0.3) is 0 Å². The van der Waals surface area contributed by atoms with Crippen molar-refractivity contribution in [2.45, 2.75) is 38.8 Å². The number of likely N-dealkylation sites (N-methyl/N-ethyl adjacent to an activating group) is 1. The Morgan fingerprint density at radius 1 is 1.27 bits per heavy atom. The number of methoxy groups -OCH3 is 2. The molecular formula is C22H37N5O3. The Labute approximate surface area is 180 Å². The standard InChI is InChI=1S/C22H37N5O3/c1-6-23-22(25-16-17-10-11-18(29-4)15-20(17)30-5)24-12-8-14-27-13-7-9-19(27)21(28)26(2)3/h10-11,15,19H,6-9,12-14,16H2,1-5H3,(H2,23,24,25). The lowest BCUT2D eigenvalue weighted by Gasteiger charge is -2.26. The highest BCUT2D eigenvalue weighted by Gasteiger charge is 2.30. The molecule has 1 unspecified atom stereocenters. The highest BCUT2D eigenvalue weighted by molar-refractivity contribution is 5.81. The summed E-state index contributed by atoms with van der Waals surface area (Å²) in [5.41, 5.74) is 0.998. The van der Waals surface area contributed by atoms with Crippen molar-refractivity contribution in [3.8, 4) is 11.5 Å². The zero-order valence-electron chi connectivity index (χ0n) is 19.0. The van der Waals surface area contributed by atoms with E-state index in [0.29, 0.717) is 6.54 Å². The number of hydrogen-bond donors (Lipinski definition) is 2. The molecule has 2 N–H and O–H groups in total. The van der Waals surface area contributed by atoms with Crippen LogP contribution >= 0.6 is 0 Å². The van der Waals surface area contributed by atoms with Crippen LogP contribution in [0.15, 0.2) is 23.2 Å². The molecule has 1 heterocycles. The van der Waals surface area contributed by atoms with Crippen molar-refractivity contribution in [2.24, 2.45) is 4.99 Å². The molecule has 1 aliphatic rings. The first kappa shape index (κ1) is 23.8. The van der Waals surface area contributed by atoms with Gasteiger partial charge in [-0.05, 0) is 44.9 Å². The number of ether oxygens (including phenoxy) is 2. The summed E-state index contributed by atoms with van der Waals surface area (Å²) in [7, 11) is 6.95. The fourth-order valence-corrected chi connectivity index (χ4v) is 3.65. The lowest BCUT2D eigenvalue weighted by Crippen LogP contribution is -2.44. The van der Waals surface area contributed by atoms with Crippen LogP contribution in [0.4, 0.5) is 0 Å². The molecule has 2 rings (SSSR count). The highest BCUT2D eigenvalue weighted by atomic mass is 16.5. The summed E-state index contributed by atoms with van der Waals surface area (Å²) in [5.74, 6) is 2.51. The molecule has 0 saturated carbocycles. The summed E-state index contributed by atoms with van der Waals surface area (Å²) >= 11 is 0. The van der Waals surface area contributed by atoms with Crippen molar-refractivity contribution in [3.63, 3.8) is 0 Å². The summed E-state index contributed by atoms with van der Waals surface area (Å²) in [6.45, 7) is 6.04. The number of nitrogens with one attached hydrogen (secondary N) is 2. The topological polar surface area (TPSA) is 78.4 Å². The summed E-state index contributed by atoms with van der Waals surface area (Å²) in [6.07, 6.45) is 3.00. The maximum atomic E-state index is 12.3. The maximum Gasteiger partial charge on any atom is 0.239 e. The molecule has 1 aromatic carbocycles. The Kier molecular flexibility index (Phi) is 9.73. The van der Waals surface area contributed by atoms with Crippen molar-refractivity contribution in [3.05, 3.63) is 23.8 Å². The Balaban J connectivity index is 1.86. The van der Waals surface area contributed by atoms with E-state index in [9.17, 15) is 4.79 Å². The van der Waals surface area contributed by atoms with E-state index in [2.05, 4.69) is 20.5 Å². The van der Waals surface area contributed by atoms with Gasteiger partial charge in [0.05, 0.1) is 26.8 Å². The Morgan fingerprint density at radius 2 is 2.07 bits per heavy atom. The molecule has 0 radical (unpaired) electrons. The first-order valence-corrected chi connectivity index (χ1v) is 10.7. The predicted octanol–water partition coefficient (Wildman–Crippen LogP) is 1.70. The first-order valence-electron chi connectivity index (χ1n) is 10.7. The molecule has 8 nitrogen and oxygen atoms in total. The van der Waals surface area contributed by atoms with E-state index in [-0.39, 0.29) is 11.9 Å². The fraction of sp³-hybridized carbons (Fsp3) is 0.636. The van der Waals surface area contributed by atoms with Gasteiger partial charge in [0.1, 0.15) is 11.5 Å². The van der Waals surface area contributed by atoms with Gasteiger partial charge in [-0.2, -0.15) is 0 Å². The van der Waals surface area contributed by atoms with E-state index in [1.165, 1.54) is 0 Å². The van der Waals surface area contributed by atoms with Crippen molar-refractivity contribution in [1.82, 2.24) is 20.4 Å². The third kappa shape index (κ3) is 6.79. The van der Waals surface area contributed by atoms with Gasteiger partial charge in [0.2, 0.25) is 5.91 Å². The van der Waals surface area contributed by atoms with E-state index < -0.39 is 0 Å². The van der Waals surface area contributed by atoms with Crippen LogP contribution in [0, 0.1) is 0 Å². The number of likely N-dealkylation sites (tertiary alicyclic amines) is 1. The molecule has 168 valence electrons. The van der Waals surface area contributed by atoms with Crippen LogP contribution in [-0.2, 0) is 11.3 Å². The molecule has 0 bridgehead atoms. The summed E-state index contributed by atoms with van der Waals surface area (Å²) in [5, 5.41) is 6.68. The molecule has 1 amide bonds. The molecule has 8 heteroatoms. The van der Waals surface area contributed by atoms with E-state index in [1.807, 2.05) is 39.2 Å². The number of carbonyl (C=O) groups excluding carboxylic acids is 1. The van der Waals surface area contributed by atoms with Crippen LogP contribution < -0.4 is 20.1 Å². The molecule has 1 saturated heterocycles. The second kappa shape index (κ2) is 12.3. The lowest BCUT2D eigenvalue weighted by atomic mass is 10.2. The van der Waals surface area contributed by atoms with Crippen molar-refractivity contribution in [1.29, 1.82) is 0 Å². The summed E-state index contributed by atoms with van der Waals surface area (Å²) in [6, 6.07) is 5.78. The molecule has 1 atom stereocenters. The number of amides is 1. The normalized spacial score (nSPS) is 17.0. The number of nitrogens with zero attached hydrogens (tertiary/aromatic N) is 3. The molecule has 1 aliphatic heterocycles. The minimum atomic E-state index is 0.0319. The summed E-state index contributed by atoms with van der Waals surface area (Å²) < 4.78 is 10.7. The van der Waals surface area contributed by atoms with Gasteiger partial charge >= 0.3 is 0 Å². The van der Waals surface area contributed by atoms with Crippen LogP contribution in [0.2, 0.25) is 0 Å². The molecule has 1 fully saturated rings. The fourth-order valence-electron chi connectivity index (χ4n) is 3.65. The van der Waals surface area contributed by atoms with Gasteiger partial charge in [-0.1, -0.05) is 0 Å². The maximum absolute atomic E-state index is 12.3. The predicted molar refractivity (Wildman–Crippen MR) is 120 cm³/mol. The number of aliphatic imine (C=N–C) groups is 1. The average Bonchev–Trinajstić information content (AvgIpc) is 3.22. The molecule has 1 aromatic rings. The molecule has 30 heavy (non-hydrogen) atoms. The van der Waals surface area contributed by atoms with Crippen LogP contribution in [-0.4, -0.2) is 82.2 Å². The number of hydrogen-bond acceptors (Lipinski definition) is 5. The monoisotopic (exact) mass is 419 g/mol. The van der Waals surface area contributed by atoms with E-state index >= 15 is 0 Å². The van der Waals surface area contributed by atoms with Gasteiger partial charge in [-0.15, -0.1) is 0 Å². The summed E-state index contributed by atoms with van der Waals surface area (Å²) in [4.78, 5) is 21.0. The Morgan fingerprint density at radius 3 is 2.73 bits per heavy atom. The molecule has 0 aromatic heterocycles. The SMILES string of the molecule is CCNC(=NCc1ccc(OC)cc1OC)NCCCN1CCCC1C(=O)N(C)C. The molecular weight excluding hydrogens is 382 g/mol. The number of benzene rings is 1. The third-order valence-electron chi connectivity index (χ3n) is 5.25. The zero-order chi connectivity index (χ0) is 21.9. The first-order chi connectivity index (χ1) is 14.5. The van der Waals surface area contributed by atoms with Gasteiger partial charge in [0.15, 0.2) is 5.96 Å². The van der Waals surface area contributed by atoms with E-state index in [0.717, 1.165) is 68.5 Å². The van der Waals surface area contributed by atoms with Crippen molar-refractivity contribution >= 4 is 11.9 Å². The average molecular weight is 420 g/mol. The zero-order valence-corrected chi connectivity index (χ0v) is 19.0. The van der Waals surface area contributed by atoms with Crippen LogP contribution in [0.3, 0.4) is 0 Å². The Bertz CT molecular complexity index is 708. The minimum absolute atomic E-state index is 0.0319. The van der Waals surface area contributed by atoms with Crippen molar-refractivity contribution < 1.29 is 14.3 Å². The van der Waals surface area contributed by atoms with Crippen molar-refractivity contribution in [2.75, 3.05) is 54.5 Å². The van der Waals surface area contributed by atoms with E-state index in [1.54, 1.807) is 19.1 Å². The van der Waals surface area contributed by atoms with E-state index in [4.69, 9.17) is 9.47 Å². The Hall–Kier alpha value is -2.48. The highest BCUT2D eigenvalue weighted by Crippen LogP contribution is 2.25.